The summed E-state index contributed by atoms with van der Waals surface area (Å²) in [7, 11) is 1.92. The summed E-state index contributed by atoms with van der Waals surface area (Å²) >= 11 is 0. The van der Waals surface area contributed by atoms with Crippen LogP contribution in [0.3, 0.4) is 0 Å². The van der Waals surface area contributed by atoms with Crippen LogP contribution in [0.5, 0.6) is 0 Å². The van der Waals surface area contributed by atoms with E-state index < -0.39 is 0 Å². The fourth-order valence-corrected chi connectivity index (χ4v) is 2.00. The Hall–Kier alpha value is -1.42. The molecule has 0 unspecified atom stereocenters. The van der Waals surface area contributed by atoms with Gasteiger partial charge in [0.05, 0.1) is 5.69 Å². The molecule has 0 spiro atoms. The highest BCUT2D eigenvalue weighted by Gasteiger charge is 2.11. The van der Waals surface area contributed by atoms with Gasteiger partial charge in [-0.25, -0.2) is 4.98 Å². The topological polar surface area (TPSA) is 56.7 Å². The monoisotopic (exact) mass is 204 g/mol. The lowest BCUT2D eigenvalue weighted by Gasteiger charge is -2.00. The third kappa shape index (κ3) is 1.61. The largest absolute Gasteiger partial charge is 0.330 e. The number of hydrogen-bond acceptors (Lipinski definition) is 3. The molecule has 0 bridgehead atoms. The second-order valence-electron chi connectivity index (χ2n) is 3.89. The highest BCUT2D eigenvalue weighted by atomic mass is 15.3. The van der Waals surface area contributed by atoms with Gasteiger partial charge in [-0.2, -0.15) is 5.10 Å². The molecule has 0 aromatic carbocycles. The minimum atomic E-state index is 0.624. The van der Waals surface area contributed by atoms with Crippen molar-refractivity contribution < 1.29 is 0 Å². The Bertz CT molecular complexity index is 499. The highest BCUT2D eigenvalue weighted by molar-refractivity contribution is 5.82. The minimum Gasteiger partial charge on any atom is -0.330 e. The Morgan fingerprint density at radius 1 is 1.40 bits per heavy atom. The number of nitrogens with zero attached hydrogens (tertiary/aromatic N) is 3. The number of pyridine rings is 1. The average Bonchev–Trinajstić information content (AvgIpc) is 2.44. The second-order valence-corrected chi connectivity index (χ2v) is 3.89. The van der Waals surface area contributed by atoms with Gasteiger partial charge in [-0.3, -0.25) is 4.68 Å². The molecule has 2 N–H and O–H groups in total. The maximum absolute atomic E-state index is 5.57. The fraction of sp³-hybridized carbons (Fsp3) is 0.455. The Morgan fingerprint density at radius 2 is 2.13 bits per heavy atom. The van der Waals surface area contributed by atoms with Gasteiger partial charge in [0.25, 0.3) is 0 Å². The third-order valence-electron chi connectivity index (χ3n) is 2.57. The van der Waals surface area contributed by atoms with Crippen molar-refractivity contribution in [1.82, 2.24) is 14.8 Å². The van der Waals surface area contributed by atoms with Crippen LogP contribution in [0.4, 0.5) is 0 Å². The molecule has 0 aliphatic carbocycles. The van der Waals surface area contributed by atoms with Crippen molar-refractivity contribution in [3.63, 3.8) is 0 Å². The second kappa shape index (κ2) is 3.62. The summed E-state index contributed by atoms with van der Waals surface area (Å²) in [6.07, 6.45) is 0.808. The summed E-state index contributed by atoms with van der Waals surface area (Å²) in [4.78, 5) is 4.50. The van der Waals surface area contributed by atoms with Crippen molar-refractivity contribution in [2.75, 3.05) is 6.54 Å². The lowest BCUT2D eigenvalue weighted by Crippen LogP contribution is -2.04. The average molecular weight is 204 g/mol. The molecular formula is C11H16N4. The Morgan fingerprint density at radius 3 is 2.80 bits per heavy atom. The highest BCUT2D eigenvalue weighted by Crippen LogP contribution is 2.21. The summed E-state index contributed by atoms with van der Waals surface area (Å²) in [5.74, 6) is 0. The molecule has 80 valence electrons. The van der Waals surface area contributed by atoms with Crippen molar-refractivity contribution in [2.24, 2.45) is 12.8 Å². The number of aromatic nitrogens is 3. The van der Waals surface area contributed by atoms with Gasteiger partial charge in [0, 0.05) is 24.5 Å². The van der Waals surface area contributed by atoms with E-state index in [4.69, 9.17) is 5.73 Å². The number of aryl methyl sites for hydroxylation is 3. The smallest absolute Gasteiger partial charge is 0.158 e. The number of rotatable bonds is 2. The molecule has 2 aromatic rings. The van der Waals surface area contributed by atoms with Crippen LogP contribution in [-0.2, 0) is 13.5 Å². The zero-order valence-corrected chi connectivity index (χ0v) is 9.41. The lowest BCUT2D eigenvalue weighted by atomic mass is 10.1. The van der Waals surface area contributed by atoms with E-state index in [0.29, 0.717) is 6.54 Å². The summed E-state index contributed by atoms with van der Waals surface area (Å²) in [5, 5.41) is 5.62. The van der Waals surface area contributed by atoms with Gasteiger partial charge in [0.1, 0.15) is 0 Å². The fourth-order valence-electron chi connectivity index (χ4n) is 2.00. The quantitative estimate of drug-likeness (QED) is 0.796. The van der Waals surface area contributed by atoms with Crippen LogP contribution in [0.2, 0.25) is 0 Å². The maximum atomic E-state index is 5.57. The normalized spacial score (nSPS) is 11.2. The maximum Gasteiger partial charge on any atom is 0.158 e. The molecule has 0 aliphatic heterocycles. The molecule has 0 amide bonds. The van der Waals surface area contributed by atoms with Crippen molar-refractivity contribution in [2.45, 2.75) is 20.3 Å². The van der Waals surface area contributed by atoms with E-state index in [1.54, 1.807) is 0 Å². The zero-order valence-electron chi connectivity index (χ0n) is 9.41. The van der Waals surface area contributed by atoms with Gasteiger partial charge >= 0.3 is 0 Å². The Labute approximate surface area is 89.1 Å². The van der Waals surface area contributed by atoms with Gasteiger partial charge in [0.2, 0.25) is 0 Å². The molecular weight excluding hydrogens is 188 g/mol. The van der Waals surface area contributed by atoms with Crippen LogP contribution in [0, 0.1) is 13.8 Å². The molecule has 2 rings (SSSR count). The predicted octanol–water partition coefficient (Wildman–Crippen LogP) is 1.09. The van der Waals surface area contributed by atoms with Gasteiger partial charge < -0.3 is 5.73 Å². The first kappa shape index (κ1) is 10.1. The van der Waals surface area contributed by atoms with Crippen LogP contribution in [0.15, 0.2) is 6.07 Å². The lowest BCUT2D eigenvalue weighted by molar-refractivity contribution is 0.752. The molecule has 0 saturated heterocycles. The molecule has 15 heavy (non-hydrogen) atoms. The summed E-state index contributed by atoms with van der Waals surface area (Å²) in [6, 6.07) is 2.09. The molecule has 4 heteroatoms. The van der Waals surface area contributed by atoms with Gasteiger partial charge in [-0.15, -0.1) is 0 Å². The molecule has 2 aromatic heterocycles. The summed E-state index contributed by atoms with van der Waals surface area (Å²) < 4.78 is 1.83. The molecule has 0 fully saturated rings. The van der Waals surface area contributed by atoms with Crippen LogP contribution < -0.4 is 5.73 Å². The van der Waals surface area contributed by atoms with Gasteiger partial charge in [-0.05, 0) is 32.0 Å². The summed E-state index contributed by atoms with van der Waals surface area (Å²) in [5.41, 5.74) is 9.84. The zero-order chi connectivity index (χ0) is 11.0. The number of nitrogens with two attached hydrogens (primary N) is 1. The molecule has 0 saturated carbocycles. The third-order valence-corrected chi connectivity index (χ3v) is 2.57. The van der Waals surface area contributed by atoms with E-state index in [1.807, 2.05) is 18.7 Å². The van der Waals surface area contributed by atoms with E-state index in [-0.39, 0.29) is 0 Å². The van der Waals surface area contributed by atoms with Crippen LogP contribution >= 0.6 is 0 Å². The van der Waals surface area contributed by atoms with E-state index in [0.717, 1.165) is 28.8 Å². The standard InChI is InChI=1S/C11H16N4/c1-7-6-8(2)13-11-10(7)9(4-5-12)14-15(11)3/h6H,4-5,12H2,1-3H3. The van der Waals surface area contributed by atoms with Crippen LogP contribution in [0.1, 0.15) is 17.0 Å². The Kier molecular flexibility index (Phi) is 2.44. The van der Waals surface area contributed by atoms with Crippen molar-refractivity contribution >= 4 is 11.0 Å². The molecule has 0 aliphatic rings. The molecule has 0 radical (unpaired) electrons. The molecule has 2 heterocycles. The van der Waals surface area contributed by atoms with Crippen molar-refractivity contribution in [3.05, 3.63) is 23.0 Å². The first-order chi connectivity index (χ1) is 7.13. The predicted molar refractivity (Wildman–Crippen MR) is 60.7 cm³/mol. The number of fused-ring (bicyclic) bond motifs is 1. The van der Waals surface area contributed by atoms with Crippen LogP contribution in [0.25, 0.3) is 11.0 Å². The van der Waals surface area contributed by atoms with Crippen molar-refractivity contribution in [3.8, 4) is 0 Å². The Balaban J connectivity index is 2.75. The first-order valence-corrected chi connectivity index (χ1v) is 5.13. The van der Waals surface area contributed by atoms with E-state index >= 15 is 0 Å². The van der Waals surface area contributed by atoms with Gasteiger partial charge in [0.15, 0.2) is 5.65 Å². The summed E-state index contributed by atoms with van der Waals surface area (Å²) in [6.45, 7) is 4.72. The van der Waals surface area contributed by atoms with E-state index in [9.17, 15) is 0 Å². The van der Waals surface area contributed by atoms with Crippen LogP contribution in [-0.4, -0.2) is 21.3 Å². The number of hydrogen-bond donors (Lipinski definition) is 1. The molecule has 0 atom stereocenters. The van der Waals surface area contributed by atoms with Gasteiger partial charge in [-0.1, -0.05) is 0 Å². The van der Waals surface area contributed by atoms with E-state index in [2.05, 4.69) is 23.1 Å². The SMILES string of the molecule is Cc1cc(C)c2c(CCN)nn(C)c2n1. The van der Waals surface area contributed by atoms with Crippen molar-refractivity contribution in [1.29, 1.82) is 0 Å². The first-order valence-electron chi connectivity index (χ1n) is 5.13. The van der Waals surface area contributed by atoms with E-state index in [1.165, 1.54) is 5.56 Å². The minimum absolute atomic E-state index is 0.624. The molecule has 4 nitrogen and oxygen atoms in total.